The normalized spacial score (nSPS) is 10.8. The Balaban J connectivity index is 2.00. The van der Waals surface area contributed by atoms with Crippen molar-refractivity contribution in [1.82, 2.24) is 9.97 Å². The monoisotopic (exact) mass is 295 g/mol. The van der Waals surface area contributed by atoms with E-state index < -0.39 is 5.82 Å². The predicted octanol–water partition coefficient (Wildman–Crippen LogP) is 3.52. The molecule has 0 fully saturated rings. The largest absolute Gasteiger partial charge is 0.326 e. The summed E-state index contributed by atoms with van der Waals surface area (Å²) in [6.45, 7) is 0. The molecule has 96 valence electrons. The highest BCUT2D eigenvalue weighted by Gasteiger charge is 2.06. The van der Waals surface area contributed by atoms with Gasteiger partial charge in [0.25, 0.3) is 5.56 Å². The van der Waals surface area contributed by atoms with Gasteiger partial charge >= 0.3 is 0 Å². The number of hydrogen-bond acceptors (Lipinski definition) is 4. The molecule has 1 aromatic carbocycles. The van der Waals surface area contributed by atoms with Crippen LogP contribution in [0.5, 0.6) is 0 Å². The molecule has 0 atom stereocenters. The van der Waals surface area contributed by atoms with Gasteiger partial charge in [-0.25, -0.2) is 9.37 Å². The summed E-state index contributed by atoms with van der Waals surface area (Å²) in [4.78, 5) is 18.6. The molecule has 0 aliphatic rings. The van der Waals surface area contributed by atoms with E-state index in [9.17, 15) is 9.18 Å². The Hall–Kier alpha value is -1.92. The molecule has 0 saturated heterocycles. The second-order valence-electron chi connectivity index (χ2n) is 3.80. The minimum Gasteiger partial charge on any atom is -0.326 e. The van der Waals surface area contributed by atoms with Crippen molar-refractivity contribution in [2.24, 2.45) is 0 Å². The number of fused-ring (bicyclic) bond motifs is 1. The molecule has 0 saturated carbocycles. The molecule has 0 aliphatic heterocycles. The number of nitrogens with zero attached hydrogens (tertiary/aromatic N) is 1. The average molecular weight is 296 g/mol. The first-order chi connectivity index (χ1) is 9.13. The van der Waals surface area contributed by atoms with Gasteiger partial charge in [0.05, 0.1) is 10.5 Å². The zero-order valence-corrected chi connectivity index (χ0v) is 11.0. The van der Waals surface area contributed by atoms with Crippen LogP contribution in [0.2, 0.25) is 5.02 Å². The molecule has 2 aromatic heterocycles. The highest BCUT2D eigenvalue weighted by molar-refractivity contribution is 7.17. The third-order valence-electron chi connectivity index (χ3n) is 2.50. The first-order valence-corrected chi connectivity index (χ1v) is 6.59. The second kappa shape index (κ2) is 4.64. The van der Waals surface area contributed by atoms with Crippen LogP contribution in [0.4, 0.5) is 16.0 Å². The number of rotatable bonds is 2. The van der Waals surface area contributed by atoms with Crippen LogP contribution in [0, 0.1) is 5.82 Å². The van der Waals surface area contributed by atoms with E-state index >= 15 is 0 Å². The first-order valence-electron chi connectivity index (χ1n) is 5.33. The van der Waals surface area contributed by atoms with E-state index in [0.29, 0.717) is 21.9 Å². The molecule has 0 radical (unpaired) electrons. The third-order valence-corrected chi connectivity index (χ3v) is 3.69. The summed E-state index contributed by atoms with van der Waals surface area (Å²) >= 11 is 7.01. The number of aromatic amines is 1. The summed E-state index contributed by atoms with van der Waals surface area (Å²) in [5.41, 5.74) is 0.948. The maximum atomic E-state index is 13.0. The maximum absolute atomic E-state index is 13.0. The molecule has 19 heavy (non-hydrogen) atoms. The van der Waals surface area contributed by atoms with E-state index in [1.807, 2.05) is 0 Å². The lowest BCUT2D eigenvalue weighted by atomic mass is 10.3. The Morgan fingerprint density at radius 1 is 1.37 bits per heavy atom. The molecular weight excluding hydrogens is 289 g/mol. The summed E-state index contributed by atoms with van der Waals surface area (Å²) < 4.78 is 13.6. The number of H-pyrrole nitrogens is 1. The van der Waals surface area contributed by atoms with Gasteiger partial charge in [-0.3, -0.25) is 9.78 Å². The molecule has 0 unspecified atom stereocenters. The first kappa shape index (κ1) is 12.1. The van der Waals surface area contributed by atoms with Crippen LogP contribution in [0.25, 0.3) is 10.2 Å². The smallest absolute Gasteiger partial charge is 0.270 e. The standard InChI is InChI=1S/C12H7ClFN3OS/c13-7-5-6(1-2-8(7)14)15-12-16-9-3-4-19-10(9)11(18)17-12/h1-5H,(H2,15,16,17,18). The highest BCUT2D eigenvalue weighted by Crippen LogP contribution is 2.22. The summed E-state index contributed by atoms with van der Waals surface area (Å²) in [6, 6.07) is 5.94. The van der Waals surface area contributed by atoms with Gasteiger partial charge in [0.15, 0.2) is 0 Å². The van der Waals surface area contributed by atoms with Crippen LogP contribution in [0.3, 0.4) is 0 Å². The van der Waals surface area contributed by atoms with E-state index in [4.69, 9.17) is 11.6 Å². The Morgan fingerprint density at radius 3 is 3.00 bits per heavy atom. The average Bonchev–Trinajstić information content (AvgIpc) is 2.82. The molecule has 0 aliphatic carbocycles. The van der Waals surface area contributed by atoms with Gasteiger partial charge in [-0.1, -0.05) is 11.6 Å². The Kier molecular flexibility index (Phi) is 2.96. The molecule has 0 spiro atoms. The SMILES string of the molecule is O=c1[nH]c(Nc2ccc(F)c(Cl)c2)nc2ccsc12. The zero-order chi connectivity index (χ0) is 13.4. The van der Waals surface area contributed by atoms with Crippen molar-refractivity contribution in [2.45, 2.75) is 0 Å². The topological polar surface area (TPSA) is 57.8 Å². The molecular formula is C12H7ClFN3OS. The van der Waals surface area contributed by atoms with Gasteiger partial charge in [0.1, 0.15) is 10.5 Å². The number of nitrogens with one attached hydrogen (secondary N) is 2. The van der Waals surface area contributed by atoms with Crippen LogP contribution in [0.1, 0.15) is 0 Å². The summed E-state index contributed by atoms with van der Waals surface area (Å²) in [6.07, 6.45) is 0. The van der Waals surface area contributed by atoms with E-state index in [1.165, 1.54) is 29.5 Å². The minimum absolute atomic E-state index is 0.00367. The van der Waals surface area contributed by atoms with Crippen LogP contribution in [-0.2, 0) is 0 Å². The fraction of sp³-hybridized carbons (Fsp3) is 0. The number of hydrogen-bond donors (Lipinski definition) is 2. The van der Waals surface area contributed by atoms with Crippen molar-refractivity contribution in [3.63, 3.8) is 0 Å². The van der Waals surface area contributed by atoms with Gasteiger partial charge < -0.3 is 5.32 Å². The lowest BCUT2D eigenvalue weighted by Crippen LogP contribution is -2.09. The maximum Gasteiger partial charge on any atom is 0.270 e. The number of thiophene rings is 1. The minimum atomic E-state index is -0.498. The van der Waals surface area contributed by atoms with Gasteiger partial charge in [-0.05, 0) is 29.6 Å². The summed E-state index contributed by atoms with van der Waals surface area (Å²) in [5, 5.41) is 4.68. The fourth-order valence-corrected chi connectivity index (χ4v) is 2.55. The summed E-state index contributed by atoms with van der Waals surface area (Å²) in [5.74, 6) is -0.208. The van der Waals surface area contributed by atoms with Gasteiger partial charge in [-0.2, -0.15) is 0 Å². The molecule has 3 rings (SSSR count). The zero-order valence-electron chi connectivity index (χ0n) is 9.41. The van der Waals surface area contributed by atoms with Crippen molar-refractivity contribution in [1.29, 1.82) is 0 Å². The van der Waals surface area contributed by atoms with Crippen molar-refractivity contribution in [3.05, 3.63) is 50.8 Å². The molecule has 7 heteroatoms. The molecule has 2 N–H and O–H groups in total. The lowest BCUT2D eigenvalue weighted by Gasteiger charge is -2.05. The number of aromatic nitrogens is 2. The van der Waals surface area contributed by atoms with E-state index in [2.05, 4.69) is 15.3 Å². The van der Waals surface area contributed by atoms with Crippen LogP contribution in [0.15, 0.2) is 34.4 Å². The van der Waals surface area contributed by atoms with E-state index in [1.54, 1.807) is 11.4 Å². The van der Waals surface area contributed by atoms with Crippen molar-refractivity contribution in [2.75, 3.05) is 5.32 Å². The van der Waals surface area contributed by atoms with Gasteiger partial charge in [0, 0.05) is 5.69 Å². The van der Waals surface area contributed by atoms with Gasteiger partial charge in [0.2, 0.25) is 5.95 Å². The van der Waals surface area contributed by atoms with Crippen LogP contribution < -0.4 is 10.9 Å². The Labute approximate surface area is 115 Å². The van der Waals surface area contributed by atoms with Crippen molar-refractivity contribution < 1.29 is 4.39 Å². The van der Waals surface area contributed by atoms with Gasteiger partial charge in [-0.15, -0.1) is 11.3 Å². The quantitative estimate of drug-likeness (QED) is 0.760. The molecule has 4 nitrogen and oxygen atoms in total. The Morgan fingerprint density at radius 2 is 2.21 bits per heavy atom. The summed E-state index contributed by atoms with van der Waals surface area (Å²) in [7, 11) is 0. The Bertz CT molecular complexity index is 814. The molecule has 2 heterocycles. The van der Waals surface area contributed by atoms with E-state index in [-0.39, 0.29) is 10.6 Å². The van der Waals surface area contributed by atoms with E-state index in [0.717, 1.165) is 0 Å². The molecule has 3 aromatic rings. The third kappa shape index (κ3) is 2.32. The van der Waals surface area contributed by atoms with Crippen LogP contribution >= 0.6 is 22.9 Å². The molecule has 0 amide bonds. The number of anilines is 2. The highest BCUT2D eigenvalue weighted by atomic mass is 35.5. The van der Waals surface area contributed by atoms with Crippen LogP contribution in [-0.4, -0.2) is 9.97 Å². The predicted molar refractivity (Wildman–Crippen MR) is 74.9 cm³/mol. The number of halogens is 2. The lowest BCUT2D eigenvalue weighted by molar-refractivity contribution is 0.628. The molecule has 0 bridgehead atoms. The van der Waals surface area contributed by atoms with Crippen molar-refractivity contribution >= 4 is 44.8 Å². The number of benzene rings is 1. The van der Waals surface area contributed by atoms with Crippen molar-refractivity contribution in [3.8, 4) is 0 Å². The fourth-order valence-electron chi connectivity index (χ4n) is 1.64. The second-order valence-corrected chi connectivity index (χ2v) is 5.13.